The van der Waals surface area contributed by atoms with E-state index < -0.39 is 5.97 Å². The maximum atomic E-state index is 10.8. The van der Waals surface area contributed by atoms with Gasteiger partial charge in [0.1, 0.15) is 5.75 Å². The van der Waals surface area contributed by atoms with E-state index in [0.29, 0.717) is 12.8 Å². The van der Waals surface area contributed by atoms with Gasteiger partial charge >= 0.3 is 5.97 Å². The molecule has 1 rings (SSSR count). The summed E-state index contributed by atoms with van der Waals surface area (Å²) in [5.74, 6) is -0.891. The van der Waals surface area contributed by atoms with Crippen molar-refractivity contribution in [3.8, 4) is 5.75 Å². The Morgan fingerprint density at radius 1 is 1.36 bits per heavy atom. The summed E-state index contributed by atoms with van der Waals surface area (Å²) < 4.78 is 0. The summed E-state index contributed by atoms with van der Waals surface area (Å²) in [5, 5.41) is 17.9. The fourth-order valence-electron chi connectivity index (χ4n) is 1.32. The molecule has 1 aromatic rings. The molecule has 0 radical (unpaired) electrons. The summed E-state index contributed by atoms with van der Waals surface area (Å²) in [5.41, 5.74) is 0.942. The molecule has 0 aliphatic heterocycles. The standard InChI is InChI=1S/C11H14O3/c1-2-9(11(13)14)7-8-3-5-10(12)6-4-8/h3-6,9,12H,2,7H2,1H3,(H,13,14). The van der Waals surface area contributed by atoms with Crippen molar-refractivity contribution in [2.75, 3.05) is 0 Å². The Morgan fingerprint density at radius 3 is 2.36 bits per heavy atom. The molecule has 0 heterocycles. The Bertz CT molecular complexity index is 303. The van der Waals surface area contributed by atoms with E-state index in [-0.39, 0.29) is 11.7 Å². The van der Waals surface area contributed by atoms with E-state index in [9.17, 15) is 4.79 Å². The Balaban J connectivity index is 2.67. The molecule has 0 saturated heterocycles. The van der Waals surface area contributed by atoms with Crippen LogP contribution in [0.3, 0.4) is 0 Å². The summed E-state index contributed by atoms with van der Waals surface area (Å²) in [6.45, 7) is 1.86. The number of aromatic hydroxyl groups is 1. The number of phenolic OH excluding ortho intramolecular Hbond substituents is 1. The molecule has 0 fully saturated rings. The van der Waals surface area contributed by atoms with Crippen LogP contribution in [-0.4, -0.2) is 16.2 Å². The highest BCUT2D eigenvalue weighted by molar-refractivity contribution is 5.70. The van der Waals surface area contributed by atoms with Crippen LogP contribution in [0.25, 0.3) is 0 Å². The highest BCUT2D eigenvalue weighted by Gasteiger charge is 2.15. The van der Waals surface area contributed by atoms with Crippen LogP contribution in [-0.2, 0) is 11.2 Å². The SMILES string of the molecule is CCC(Cc1ccc(O)cc1)C(=O)O. The molecule has 1 unspecified atom stereocenters. The van der Waals surface area contributed by atoms with Crippen molar-refractivity contribution in [1.29, 1.82) is 0 Å². The third-order valence-electron chi connectivity index (χ3n) is 2.26. The lowest BCUT2D eigenvalue weighted by atomic mass is 9.97. The molecule has 2 N–H and O–H groups in total. The number of hydrogen-bond donors (Lipinski definition) is 2. The van der Waals surface area contributed by atoms with Crippen LogP contribution in [0.4, 0.5) is 0 Å². The van der Waals surface area contributed by atoms with E-state index in [1.165, 1.54) is 0 Å². The number of phenols is 1. The molecule has 0 aromatic heterocycles. The maximum absolute atomic E-state index is 10.8. The molecule has 0 spiro atoms. The Kier molecular flexibility index (Phi) is 3.51. The van der Waals surface area contributed by atoms with Gasteiger partial charge in [-0.15, -0.1) is 0 Å². The molecule has 1 atom stereocenters. The van der Waals surface area contributed by atoms with Crippen molar-refractivity contribution in [2.24, 2.45) is 5.92 Å². The summed E-state index contributed by atoms with van der Waals surface area (Å²) >= 11 is 0. The van der Waals surface area contributed by atoms with Crippen molar-refractivity contribution in [3.05, 3.63) is 29.8 Å². The van der Waals surface area contributed by atoms with Gasteiger partial charge in [0.25, 0.3) is 0 Å². The molecule has 0 aliphatic carbocycles. The highest BCUT2D eigenvalue weighted by Crippen LogP contribution is 2.15. The van der Waals surface area contributed by atoms with Crippen LogP contribution in [0.2, 0.25) is 0 Å². The van der Waals surface area contributed by atoms with Gasteiger partial charge in [0.2, 0.25) is 0 Å². The van der Waals surface area contributed by atoms with Gasteiger partial charge in [0.05, 0.1) is 5.92 Å². The number of hydrogen-bond acceptors (Lipinski definition) is 2. The van der Waals surface area contributed by atoms with E-state index in [1.807, 2.05) is 6.92 Å². The van der Waals surface area contributed by atoms with Gasteiger partial charge in [-0.1, -0.05) is 19.1 Å². The summed E-state index contributed by atoms with van der Waals surface area (Å²) in [6.07, 6.45) is 1.14. The van der Waals surface area contributed by atoms with Gasteiger partial charge in [-0.2, -0.15) is 0 Å². The van der Waals surface area contributed by atoms with Crippen molar-refractivity contribution in [1.82, 2.24) is 0 Å². The van der Waals surface area contributed by atoms with Gasteiger partial charge in [-0.05, 0) is 30.5 Å². The summed E-state index contributed by atoms with van der Waals surface area (Å²) in [6, 6.07) is 6.65. The zero-order valence-electron chi connectivity index (χ0n) is 8.10. The van der Waals surface area contributed by atoms with Crippen molar-refractivity contribution < 1.29 is 15.0 Å². The van der Waals surface area contributed by atoms with E-state index in [0.717, 1.165) is 5.56 Å². The quantitative estimate of drug-likeness (QED) is 0.771. The fraction of sp³-hybridized carbons (Fsp3) is 0.364. The number of carboxylic acid groups (broad SMARTS) is 1. The second-order valence-corrected chi connectivity index (χ2v) is 3.31. The minimum absolute atomic E-state index is 0.206. The molecule has 0 amide bonds. The summed E-state index contributed by atoms with van der Waals surface area (Å²) in [4.78, 5) is 10.8. The van der Waals surface area contributed by atoms with Crippen LogP contribution < -0.4 is 0 Å². The van der Waals surface area contributed by atoms with E-state index in [1.54, 1.807) is 24.3 Å². The first kappa shape index (κ1) is 10.6. The molecule has 0 bridgehead atoms. The van der Waals surface area contributed by atoms with E-state index >= 15 is 0 Å². The number of carboxylic acids is 1. The van der Waals surface area contributed by atoms with Crippen molar-refractivity contribution >= 4 is 5.97 Å². The second kappa shape index (κ2) is 4.65. The van der Waals surface area contributed by atoms with E-state index in [2.05, 4.69) is 0 Å². The van der Waals surface area contributed by atoms with Crippen LogP contribution in [0.5, 0.6) is 5.75 Å². The molecule has 0 saturated carbocycles. The Morgan fingerprint density at radius 2 is 1.93 bits per heavy atom. The molecule has 3 nitrogen and oxygen atoms in total. The van der Waals surface area contributed by atoms with Gasteiger partial charge in [-0.25, -0.2) is 0 Å². The monoisotopic (exact) mass is 194 g/mol. The highest BCUT2D eigenvalue weighted by atomic mass is 16.4. The molecule has 1 aromatic carbocycles. The average Bonchev–Trinajstić information content (AvgIpc) is 2.16. The number of aliphatic carboxylic acids is 1. The second-order valence-electron chi connectivity index (χ2n) is 3.31. The Hall–Kier alpha value is -1.51. The lowest BCUT2D eigenvalue weighted by molar-refractivity contribution is -0.141. The van der Waals surface area contributed by atoms with Crippen molar-refractivity contribution in [2.45, 2.75) is 19.8 Å². The van der Waals surface area contributed by atoms with Crippen molar-refractivity contribution in [3.63, 3.8) is 0 Å². The van der Waals surface area contributed by atoms with Crippen LogP contribution in [0.1, 0.15) is 18.9 Å². The number of benzene rings is 1. The predicted octanol–water partition coefficient (Wildman–Crippen LogP) is 2.05. The predicted molar refractivity (Wildman–Crippen MR) is 53.2 cm³/mol. The number of rotatable bonds is 4. The van der Waals surface area contributed by atoms with Gasteiger partial charge in [-0.3, -0.25) is 4.79 Å². The van der Waals surface area contributed by atoms with E-state index in [4.69, 9.17) is 10.2 Å². The fourth-order valence-corrected chi connectivity index (χ4v) is 1.32. The third kappa shape index (κ3) is 2.76. The zero-order valence-corrected chi connectivity index (χ0v) is 8.10. The largest absolute Gasteiger partial charge is 0.508 e. The lowest BCUT2D eigenvalue weighted by Crippen LogP contribution is -2.15. The molecule has 3 heteroatoms. The topological polar surface area (TPSA) is 57.5 Å². The lowest BCUT2D eigenvalue weighted by Gasteiger charge is -2.09. The normalized spacial score (nSPS) is 12.4. The molecular formula is C11H14O3. The van der Waals surface area contributed by atoms with Crippen LogP contribution in [0, 0.1) is 5.92 Å². The zero-order chi connectivity index (χ0) is 10.6. The van der Waals surface area contributed by atoms with Gasteiger partial charge in [0, 0.05) is 0 Å². The first-order chi connectivity index (χ1) is 6.63. The third-order valence-corrected chi connectivity index (χ3v) is 2.26. The first-order valence-corrected chi connectivity index (χ1v) is 4.64. The minimum Gasteiger partial charge on any atom is -0.508 e. The van der Waals surface area contributed by atoms with Crippen LogP contribution >= 0.6 is 0 Å². The Labute approximate surface area is 83.0 Å². The van der Waals surface area contributed by atoms with Crippen LogP contribution in [0.15, 0.2) is 24.3 Å². The first-order valence-electron chi connectivity index (χ1n) is 4.64. The molecule has 76 valence electrons. The van der Waals surface area contributed by atoms with Gasteiger partial charge in [0.15, 0.2) is 0 Å². The maximum Gasteiger partial charge on any atom is 0.306 e. The smallest absolute Gasteiger partial charge is 0.306 e. The molecule has 0 aliphatic rings. The molecular weight excluding hydrogens is 180 g/mol. The summed E-state index contributed by atoms with van der Waals surface area (Å²) in [7, 11) is 0. The molecule has 14 heavy (non-hydrogen) atoms. The minimum atomic E-state index is -0.763. The average molecular weight is 194 g/mol. The number of carbonyl (C=O) groups is 1. The van der Waals surface area contributed by atoms with Gasteiger partial charge < -0.3 is 10.2 Å².